The first-order chi connectivity index (χ1) is 24.8. The van der Waals surface area contributed by atoms with Gasteiger partial charge in [-0.3, -0.25) is 33.7 Å². The number of rotatable bonds is 9. The highest BCUT2D eigenvalue weighted by molar-refractivity contribution is 6.38. The van der Waals surface area contributed by atoms with Gasteiger partial charge in [0.25, 0.3) is 5.91 Å². The van der Waals surface area contributed by atoms with Crippen LogP contribution in [0.1, 0.15) is 113 Å². The molecule has 3 fully saturated rings. The molecule has 6 atom stereocenters. The first-order valence-electron chi connectivity index (χ1n) is 19.3. The number of carbonyl (C=O) groups excluding carboxylic acids is 7. The van der Waals surface area contributed by atoms with Crippen molar-refractivity contribution >= 4 is 41.4 Å². The third-order valence-corrected chi connectivity index (χ3v) is 10.7. The smallest absolute Gasteiger partial charge is 0.315 e. The normalized spacial score (nSPS) is 27.1. The van der Waals surface area contributed by atoms with Crippen molar-refractivity contribution in [1.82, 2.24) is 31.1 Å². The highest BCUT2D eigenvalue weighted by Gasteiger charge is 2.47. The molecular weight excluding hydrogens is 680 g/mol. The molecule has 3 aliphatic heterocycles. The van der Waals surface area contributed by atoms with E-state index in [0.717, 1.165) is 19.3 Å². The van der Waals surface area contributed by atoms with Crippen LogP contribution in [0.3, 0.4) is 0 Å². The van der Waals surface area contributed by atoms with Gasteiger partial charge in [0.05, 0.1) is 18.2 Å². The summed E-state index contributed by atoms with van der Waals surface area (Å²) in [6.45, 7) is 19.3. The summed E-state index contributed by atoms with van der Waals surface area (Å²) < 4.78 is 6.14. The number of urea groups is 1. The molecule has 0 aromatic carbocycles. The number of ether oxygens (including phenoxy) is 1. The molecule has 0 spiro atoms. The fourth-order valence-electron chi connectivity index (χ4n) is 7.41. The van der Waals surface area contributed by atoms with Crippen molar-refractivity contribution in [2.45, 2.75) is 143 Å². The zero-order chi connectivity index (χ0) is 39.7. The summed E-state index contributed by atoms with van der Waals surface area (Å²) in [5.74, 6) is -3.43. The second-order valence-corrected chi connectivity index (χ2v) is 17.2. The van der Waals surface area contributed by atoms with Crippen LogP contribution in [0.2, 0.25) is 0 Å². The lowest BCUT2D eigenvalue weighted by atomic mass is 9.80. The molecule has 14 heteroatoms. The molecule has 0 bridgehead atoms. The van der Waals surface area contributed by atoms with Crippen LogP contribution in [-0.4, -0.2) is 108 Å². The van der Waals surface area contributed by atoms with E-state index >= 15 is 0 Å². The Morgan fingerprint density at radius 2 is 1.62 bits per heavy atom. The predicted molar refractivity (Wildman–Crippen MR) is 200 cm³/mol. The molecule has 53 heavy (non-hydrogen) atoms. The van der Waals surface area contributed by atoms with E-state index < -0.39 is 70.6 Å². The number of carbonyl (C=O) groups is 7. The van der Waals surface area contributed by atoms with Crippen LogP contribution in [0.5, 0.6) is 0 Å². The number of amides is 7. The lowest BCUT2D eigenvalue weighted by Gasteiger charge is -2.40. The number of ketones is 1. The Bertz CT molecular complexity index is 1350. The van der Waals surface area contributed by atoms with E-state index in [0.29, 0.717) is 25.9 Å². The van der Waals surface area contributed by atoms with Crippen LogP contribution < -0.4 is 21.3 Å². The summed E-state index contributed by atoms with van der Waals surface area (Å²) >= 11 is 0. The topological polar surface area (TPSA) is 183 Å². The van der Waals surface area contributed by atoms with Crippen LogP contribution >= 0.6 is 0 Å². The molecule has 0 aromatic rings. The van der Waals surface area contributed by atoms with Crippen molar-refractivity contribution in [2.75, 3.05) is 26.2 Å². The van der Waals surface area contributed by atoms with E-state index in [9.17, 15) is 33.6 Å². The number of piperidine rings is 1. The molecule has 14 nitrogen and oxygen atoms in total. The molecule has 0 aliphatic carbocycles. The molecule has 7 amide bonds. The van der Waals surface area contributed by atoms with Gasteiger partial charge >= 0.3 is 6.03 Å². The van der Waals surface area contributed by atoms with Crippen LogP contribution in [-0.2, 0) is 33.5 Å². The summed E-state index contributed by atoms with van der Waals surface area (Å²) in [6.07, 6.45) is 5.72. The number of imide groups is 1. The fourth-order valence-corrected chi connectivity index (χ4v) is 7.41. The maximum atomic E-state index is 14.6. The van der Waals surface area contributed by atoms with Gasteiger partial charge in [-0.15, -0.1) is 6.58 Å². The maximum Gasteiger partial charge on any atom is 0.315 e. The number of fused-ring (bicyclic) bond motifs is 1. The molecule has 4 N–H and O–H groups in total. The molecular formula is C39H64N6O8. The number of Topliss-reactive ketones (excluding diaryl/α,β-unsaturated/α-hetero) is 1. The number of nitrogens with zero attached hydrogens (tertiary/aromatic N) is 2. The molecule has 0 saturated carbocycles. The Kier molecular flexibility index (Phi) is 15.6. The van der Waals surface area contributed by atoms with Gasteiger partial charge in [0.15, 0.2) is 0 Å². The SMILES string of the molecule is C=CCNC(=O)C(=O)[C@@H]1CCCCCCCO[C@@H](C)[C@H](NC(=O)N[C@H](CN2C(=O)CC(C)(C)CC2=O)C(C)(C)C)C(=O)N2CC[C@H](C(C)C)[C@H]2C(=O)N1. The molecule has 0 unspecified atom stereocenters. The van der Waals surface area contributed by atoms with E-state index in [2.05, 4.69) is 27.8 Å². The zero-order valence-corrected chi connectivity index (χ0v) is 33.2. The lowest BCUT2D eigenvalue weighted by Crippen LogP contribution is -2.62. The maximum absolute atomic E-state index is 14.6. The van der Waals surface area contributed by atoms with Gasteiger partial charge in [-0.05, 0) is 48.9 Å². The molecule has 3 aliphatic rings. The highest BCUT2D eigenvalue weighted by Crippen LogP contribution is 2.34. The van der Waals surface area contributed by atoms with Gasteiger partial charge in [-0.25, -0.2) is 4.79 Å². The van der Waals surface area contributed by atoms with E-state index in [-0.39, 0.29) is 62.5 Å². The highest BCUT2D eigenvalue weighted by atomic mass is 16.5. The predicted octanol–water partition coefficient (Wildman–Crippen LogP) is 3.23. The summed E-state index contributed by atoms with van der Waals surface area (Å²) in [4.78, 5) is 97.2. The van der Waals surface area contributed by atoms with E-state index in [4.69, 9.17) is 4.74 Å². The van der Waals surface area contributed by atoms with Crippen molar-refractivity contribution in [1.29, 1.82) is 0 Å². The van der Waals surface area contributed by atoms with Crippen molar-refractivity contribution in [3.8, 4) is 0 Å². The lowest BCUT2D eigenvalue weighted by molar-refractivity contribution is -0.153. The second kappa shape index (κ2) is 19.0. The third kappa shape index (κ3) is 12.1. The van der Waals surface area contributed by atoms with Crippen molar-refractivity contribution in [2.24, 2.45) is 22.7 Å². The van der Waals surface area contributed by atoms with Crippen molar-refractivity contribution in [3.05, 3.63) is 12.7 Å². The molecule has 0 radical (unpaired) electrons. The van der Waals surface area contributed by atoms with Crippen LogP contribution in [0, 0.1) is 22.7 Å². The minimum absolute atomic E-state index is 0.000829. The summed E-state index contributed by atoms with van der Waals surface area (Å²) in [5, 5.41) is 11.1. The largest absolute Gasteiger partial charge is 0.376 e. The molecule has 3 saturated heterocycles. The zero-order valence-electron chi connectivity index (χ0n) is 33.2. The third-order valence-electron chi connectivity index (χ3n) is 10.7. The van der Waals surface area contributed by atoms with Crippen molar-refractivity contribution < 1.29 is 38.3 Å². The van der Waals surface area contributed by atoms with E-state index in [1.807, 2.05) is 48.5 Å². The fraction of sp³-hybridized carbons (Fsp3) is 0.769. The van der Waals surface area contributed by atoms with Gasteiger partial charge in [-0.1, -0.05) is 80.2 Å². The molecule has 0 aromatic heterocycles. The second-order valence-electron chi connectivity index (χ2n) is 17.2. The first kappa shape index (κ1) is 43.6. The molecule has 3 rings (SSSR count). The Morgan fingerprint density at radius 3 is 2.23 bits per heavy atom. The van der Waals surface area contributed by atoms with Crippen molar-refractivity contribution in [3.63, 3.8) is 0 Å². The standard InChI is InChI=1S/C39H64N6O8/c1-10-18-40-35(50)33(48)27-16-14-12-11-13-15-20-53-25(4)31(36(51)44-19-17-26(24(2)3)32(44)34(49)41-27)43-37(52)42-28(38(5,6)7)23-45-29(46)21-39(8,9)22-30(45)47/h10,24-28,31-32H,1,11-23H2,2-9H3,(H,40,50)(H,41,49)(H2,42,43,52)/t25-,26+,27-,28+,31-,32-/m0/s1. The Labute approximate surface area is 315 Å². The van der Waals surface area contributed by atoms with E-state index in [1.54, 1.807) is 6.92 Å². The van der Waals surface area contributed by atoms with Gasteiger partial charge in [-0.2, -0.15) is 0 Å². The van der Waals surface area contributed by atoms with Crippen LogP contribution in [0.4, 0.5) is 4.79 Å². The Morgan fingerprint density at radius 1 is 1.00 bits per heavy atom. The Balaban J connectivity index is 1.91. The van der Waals surface area contributed by atoms with Gasteiger partial charge in [0.1, 0.15) is 12.1 Å². The summed E-state index contributed by atoms with van der Waals surface area (Å²) in [6, 6.07) is -4.54. The van der Waals surface area contributed by atoms with Gasteiger partial charge in [0.2, 0.25) is 29.4 Å². The minimum Gasteiger partial charge on any atom is -0.376 e. The molecule has 298 valence electrons. The number of likely N-dealkylation sites (tertiary alicyclic amines) is 1. The summed E-state index contributed by atoms with van der Waals surface area (Å²) in [5.41, 5.74) is -1.01. The first-order valence-corrected chi connectivity index (χ1v) is 19.3. The van der Waals surface area contributed by atoms with E-state index in [1.165, 1.54) is 15.9 Å². The number of hydrogen-bond acceptors (Lipinski definition) is 8. The Hall–Kier alpha value is -3.81. The van der Waals surface area contributed by atoms with Crippen LogP contribution in [0.15, 0.2) is 12.7 Å². The minimum atomic E-state index is -1.19. The average molecular weight is 745 g/mol. The van der Waals surface area contributed by atoms with Crippen LogP contribution in [0.25, 0.3) is 0 Å². The average Bonchev–Trinajstić information content (AvgIpc) is 3.51. The monoisotopic (exact) mass is 744 g/mol. The van der Waals surface area contributed by atoms with Gasteiger partial charge in [0, 0.05) is 39.1 Å². The quantitative estimate of drug-likeness (QED) is 0.158. The van der Waals surface area contributed by atoms with Gasteiger partial charge < -0.3 is 30.9 Å². The molecule has 3 heterocycles. The number of nitrogens with one attached hydrogen (secondary N) is 4. The number of hydrogen-bond donors (Lipinski definition) is 4. The summed E-state index contributed by atoms with van der Waals surface area (Å²) in [7, 11) is 0.